The van der Waals surface area contributed by atoms with Crippen molar-refractivity contribution in [2.75, 3.05) is 13.2 Å². The lowest BCUT2D eigenvalue weighted by Gasteiger charge is -2.34. The van der Waals surface area contributed by atoms with Crippen molar-refractivity contribution in [3.8, 4) is 11.3 Å². The first-order valence-electron chi connectivity index (χ1n) is 10.1. The molecule has 2 fully saturated rings. The third-order valence-corrected chi connectivity index (χ3v) is 8.52. The van der Waals surface area contributed by atoms with Gasteiger partial charge in [-0.25, -0.2) is 13.9 Å². The second-order valence-corrected chi connectivity index (χ2v) is 10.2. The average molecular weight is 468 g/mol. The monoisotopic (exact) mass is 467 g/mol. The number of carbonyl (C=O) groups is 1. The van der Waals surface area contributed by atoms with Gasteiger partial charge in [0.15, 0.2) is 14.6 Å². The van der Waals surface area contributed by atoms with E-state index in [0.29, 0.717) is 5.69 Å². The number of benzene rings is 1. The number of nitrogens with one attached hydrogen (secondary N) is 1. The molecule has 2 heterocycles. The Morgan fingerprint density at radius 3 is 2.35 bits per heavy atom. The minimum absolute atomic E-state index is 0. The summed E-state index contributed by atoms with van der Waals surface area (Å²) in [4.78, 5) is 21.3. The summed E-state index contributed by atoms with van der Waals surface area (Å²) in [6.07, 6.45) is 8.14. The van der Waals surface area contributed by atoms with Gasteiger partial charge in [-0.1, -0.05) is 25.0 Å². The first kappa shape index (κ1) is 23.6. The number of aromatic nitrogens is 2. The molecule has 10 heteroatoms. The molecule has 0 radical (unpaired) electrons. The van der Waals surface area contributed by atoms with E-state index in [-0.39, 0.29) is 43.4 Å². The van der Waals surface area contributed by atoms with Gasteiger partial charge in [-0.2, -0.15) is 0 Å². The third-order valence-electron chi connectivity index (χ3n) is 6.00. The van der Waals surface area contributed by atoms with Gasteiger partial charge >= 0.3 is 0 Å². The lowest BCUT2D eigenvalue weighted by molar-refractivity contribution is -0.134. The molecule has 0 unspecified atom stereocenters. The van der Waals surface area contributed by atoms with Crippen LogP contribution in [-0.4, -0.2) is 47.5 Å². The number of amides is 1. The SMILES string of the molecule is Cl.O=C(NO)C1(S(=O)(=O)c2ccc(-c3cnc(CCC4CC4)cn3)cc2)CCOCC1. The van der Waals surface area contributed by atoms with Gasteiger partial charge < -0.3 is 4.74 Å². The number of sulfone groups is 1. The van der Waals surface area contributed by atoms with Crippen LogP contribution in [0.25, 0.3) is 11.3 Å². The molecule has 4 rings (SSSR count). The molecule has 8 nitrogen and oxygen atoms in total. The highest BCUT2D eigenvalue weighted by Crippen LogP contribution is 2.36. The second-order valence-electron chi connectivity index (χ2n) is 7.95. The molecule has 1 aliphatic carbocycles. The summed E-state index contributed by atoms with van der Waals surface area (Å²) >= 11 is 0. The predicted octanol–water partition coefficient (Wildman–Crippen LogP) is 2.74. The molecule has 1 saturated carbocycles. The average Bonchev–Trinajstić information content (AvgIpc) is 3.62. The first-order chi connectivity index (χ1) is 14.5. The summed E-state index contributed by atoms with van der Waals surface area (Å²) in [7, 11) is -4.04. The topological polar surface area (TPSA) is 118 Å². The number of hydrogen-bond donors (Lipinski definition) is 2. The molecule has 1 aliphatic heterocycles. The smallest absolute Gasteiger partial charge is 0.265 e. The summed E-state index contributed by atoms with van der Waals surface area (Å²) in [5, 5.41) is 9.13. The van der Waals surface area contributed by atoms with E-state index in [1.165, 1.54) is 30.5 Å². The number of halogens is 1. The maximum Gasteiger partial charge on any atom is 0.265 e. The molecule has 2 aromatic rings. The van der Waals surface area contributed by atoms with Crippen LogP contribution in [0.3, 0.4) is 0 Å². The molecule has 2 N–H and O–H groups in total. The minimum Gasteiger partial charge on any atom is -0.381 e. The van der Waals surface area contributed by atoms with Crippen LogP contribution in [0.1, 0.15) is 37.8 Å². The summed E-state index contributed by atoms with van der Waals surface area (Å²) in [6.45, 7) is 0.265. The van der Waals surface area contributed by atoms with Crippen molar-refractivity contribution < 1.29 is 23.2 Å². The third kappa shape index (κ3) is 4.74. The molecule has 1 aromatic heterocycles. The summed E-state index contributed by atoms with van der Waals surface area (Å²) in [5.74, 6) is -0.0876. The number of ether oxygens (including phenoxy) is 1. The van der Waals surface area contributed by atoms with Gasteiger partial charge in [0, 0.05) is 25.0 Å². The van der Waals surface area contributed by atoms with E-state index >= 15 is 0 Å². The quantitative estimate of drug-likeness (QED) is 0.474. The Hall–Kier alpha value is -2.07. The van der Waals surface area contributed by atoms with Crippen molar-refractivity contribution >= 4 is 28.2 Å². The molecule has 0 atom stereocenters. The highest BCUT2D eigenvalue weighted by atomic mass is 35.5. The van der Waals surface area contributed by atoms with Gasteiger partial charge in [-0.05, 0) is 43.7 Å². The van der Waals surface area contributed by atoms with E-state index in [1.54, 1.807) is 24.5 Å². The van der Waals surface area contributed by atoms with Gasteiger partial charge in [0.25, 0.3) is 5.91 Å². The Kier molecular flexibility index (Phi) is 7.31. The molecule has 168 valence electrons. The Bertz CT molecular complexity index is 1000. The molecular weight excluding hydrogens is 442 g/mol. The lowest BCUT2D eigenvalue weighted by atomic mass is 9.98. The van der Waals surface area contributed by atoms with Crippen LogP contribution in [-0.2, 0) is 25.8 Å². The largest absolute Gasteiger partial charge is 0.381 e. The molecule has 0 spiro atoms. The van der Waals surface area contributed by atoms with E-state index in [1.807, 2.05) is 0 Å². The fourth-order valence-corrected chi connectivity index (χ4v) is 5.78. The minimum atomic E-state index is -4.04. The van der Waals surface area contributed by atoms with Crippen LogP contribution in [0, 0.1) is 5.92 Å². The zero-order chi connectivity index (χ0) is 21.2. The van der Waals surface area contributed by atoms with Crippen molar-refractivity contribution in [3.05, 3.63) is 42.4 Å². The fraction of sp³-hybridized carbons (Fsp3) is 0.476. The van der Waals surface area contributed by atoms with Crippen LogP contribution < -0.4 is 5.48 Å². The molecule has 0 bridgehead atoms. The van der Waals surface area contributed by atoms with Crippen molar-refractivity contribution in [1.29, 1.82) is 0 Å². The number of aryl methyl sites for hydroxylation is 1. The Balaban J connectivity index is 0.00000272. The zero-order valence-electron chi connectivity index (χ0n) is 17.0. The molecule has 1 saturated heterocycles. The molecule has 1 amide bonds. The second kappa shape index (κ2) is 9.60. The van der Waals surface area contributed by atoms with E-state index in [4.69, 9.17) is 9.94 Å². The number of rotatable bonds is 7. The maximum absolute atomic E-state index is 13.3. The van der Waals surface area contributed by atoms with E-state index < -0.39 is 20.5 Å². The summed E-state index contributed by atoms with van der Waals surface area (Å²) in [6, 6.07) is 6.25. The predicted molar refractivity (Wildman–Crippen MR) is 116 cm³/mol. The van der Waals surface area contributed by atoms with Crippen LogP contribution in [0.2, 0.25) is 0 Å². The van der Waals surface area contributed by atoms with E-state index in [2.05, 4.69) is 9.97 Å². The van der Waals surface area contributed by atoms with Crippen LogP contribution in [0.4, 0.5) is 0 Å². The van der Waals surface area contributed by atoms with Gasteiger partial charge in [-0.15, -0.1) is 12.4 Å². The molecular formula is C21H26ClN3O5S. The van der Waals surface area contributed by atoms with Crippen molar-refractivity contribution in [1.82, 2.24) is 15.4 Å². The van der Waals surface area contributed by atoms with E-state index in [0.717, 1.165) is 30.0 Å². The molecule has 2 aliphatic rings. The highest BCUT2D eigenvalue weighted by Gasteiger charge is 2.52. The first-order valence-corrected chi connectivity index (χ1v) is 11.6. The Morgan fingerprint density at radius 2 is 1.81 bits per heavy atom. The number of nitrogens with zero attached hydrogens (tertiary/aromatic N) is 2. The summed E-state index contributed by atoms with van der Waals surface area (Å²) in [5.41, 5.74) is 3.88. The maximum atomic E-state index is 13.3. The number of carbonyl (C=O) groups excluding carboxylic acids is 1. The van der Waals surface area contributed by atoms with Crippen LogP contribution in [0.5, 0.6) is 0 Å². The van der Waals surface area contributed by atoms with Gasteiger partial charge in [0.1, 0.15) is 0 Å². The van der Waals surface area contributed by atoms with Gasteiger partial charge in [0.05, 0.1) is 22.5 Å². The van der Waals surface area contributed by atoms with E-state index in [9.17, 15) is 13.2 Å². The fourth-order valence-electron chi connectivity index (χ4n) is 3.84. The van der Waals surface area contributed by atoms with Crippen LogP contribution >= 0.6 is 12.4 Å². The molecule has 1 aromatic carbocycles. The highest BCUT2D eigenvalue weighted by molar-refractivity contribution is 7.93. The number of hydrogen-bond acceptors (Lipinski definition) is 7. The molecule has 31 heavy (non-hydrogen) atoms. The van der Waals surface area contributed by atoms with Crippen LogP contribution in [0.15, 0.2) is 41.6 Å². The summed E-state index contributed by atoms with van der Waals surface area (Å²) < 4.78 is 30.0. The van der Waals surface area contributed by atoms with Crippen molar-refractivity contribution in [3.63, 3.8) is 0 Å². The Morgan fingerprint density at radius 1 is 1.13 bits per heavy atom. The normalized spacial score (nSPS) is 18.1. The van der Waals surface area contributed by atoms with Gasteiger partial charge in [0.2, 0.25) is 0 Å². The standard InChI is InChI=1S/C21H25N3O5S.ClH/c25-20(24-26)21(9-11-29-12-10-21)30(27,28)18-7-4-16(5-8-18)19-14-22-17(13-23-19)6-3-15-1-2-15;/h4-5,7-8,13-15,26H,1-3,6,9-12H2,(H,24,25);1H. The van der Waals surface area contributed by atoms with Crippen molar-refractivity contribution in [2.24, 2.45) is 5.92 Å². The lowest BCUT2D eigenvalue weighted by Crippen LogP contribution is -2.54. The Labute approximate surface area is 187 Å². The zero-order valence-corrected chi connectivity index (χ0v) is 18.6. The van der Waals surface area contributed by atoms with Gasteiger partial charge in [-0.3, -0.25) is 20.0 Å². The number of hydroxylamine groups is 1. The van der Waals surface area contributed by atoms with Crippen molar-refractivity contribution in [2.45, 2.75) is 48.2 Å².